The summed E-state index contributed by atoms with van der Waals surface area (Å²) >= 11 is 0. The van der Waals surface area contributed by atoms with E-state index in [4.69, 9.17) is 0 Å². The van der Waals surface area contributed by atoms with Crippen molar-refractivity contribution in [2.45, 2.75) is 38.3 Å². The predicted octanol–water partition coefficient (Wildman–Crippen LogP) is 1.07. The molecule has 0 amide bonds. The average molecular weight is 271 g/mol. The Labute approximate surface area is 109 Å². The molecule has 0 aliphatic rings. The maximum atomic E-state index is 11.6. The largest absolute Gasteiger partial charge is 0.319 e. The van der Waals surface area contributed by atoms with Crippen LogP contribution in [0, 0.1) is 6.92 Å². The Morgan fingerprint density at radius 3 is 2.33 bits per heavy atom. The number of likely N-dealkylation sites (N-methyl/N-ethyl adjacent to an activating group) is 1. The quantitative estimate of drug-likeness (QED) is 0.811. The SMILES string of the molecule is CNCCc1nc(S(C)(=O)=O)nc(C)c1C(C)C. The number of nitrogens with zero attached hydrogens (tertiary/aromatic N) is 2. The number of nitrogens with one attached hydrogen (secondary N) is 1. The van der Waals surface area contributed by atoms with Gasteiger partial charge in [0.05, 0.1) is 5.69 Å². The first-order valence-corrected chi connectivity index (χ1v) is 7.88. The lowest BCUT2D eigenvalue weighted by Crippen LogP contribution is -2.17. The van der Waals surface area contributed by atoms with Gasteiger partial charge in [0, 0.05) is 24.9 Å². The molecule has 102 valence electrons. The Morgan fingerprint density at radius 2 is 1.89 bits per heavy atom. The summed E-state index contributed by atoms with van der Waals surface area (Å²) in [7, 11) is -1.50. The van der Waals surface area contributed by atoms with Crippen molar-refractivity contribution < 1.29 is 8.42 Å². The molecule has 1 heterocycles. The molecule has 6 heteroatoms. The van der Waals surface area contributed by atoms with Crippen molar-refractivity contribution in [1.29, 1.82) is 0 Å². The molecule has 0 radical (unpaired) electrons. The Bertz CT molecular complexity index is 524. The fourth-order valence-electron chi connectivity index (χ4n) is 1.96. The fraction of sp³-hybridized carbons (Fsp3) is 0.667. The third-order valence-electron chi connectivity index (χ3n) is 2.72. The molecule has 0 spiro atoms. The molecule has 0 saturated carbocycles. The summed E-state index contributed by atoms with van der Waals surface area (Å²) in [6.45, 7) is 6.73. The monoisotopic (exact) mass is 271 g/mol. The van der Waals surface area contributed by atoms with Crippen molar-refractivity contribution >= 4 is 9.84 Å². The van der Waals surface area contributed by atoms with E-state index < -0.39 is 9.84 Å². The highest BCUT2D eigenvalue weighted by Crippen LogP contribution is 2.22. The zero-order valence-electron chi connectivity index (χ0n) is 11.6. The molecule has 1 N–H and O–H groups in total. The van der Waals surface area contributed by atoms with Crippen LogP contribution in [0.4, 0.5) is 0 Å². The van der Waals surface area contributed by atoms with Crippen molar-refractivity contribution in [2.24, 2.45) is 0 Å². The van der Waals surface area contributed by atoms with Gasteiger partial charge in [-0.2, -0.15) is 0 Å². The van der Waals surface area contributed by atoms with Crippen LogP contribution >= 0.6 is 0 Å². The maximum Gasteiger partial charge on any atom is 0.247 e. The first kappa shape index (κ1) is 15.0. The second kappa shape index (κ2) is 5.75. The molecule has 0 bridgehead atoms. The Morgan fingerprint density at radius 1 is 1.28 bits per heavy atom. The number of aryl methyl sites for hydroxylation is 1. The summed E-state index contributed by atoms with van der Waals surface area (Å²) in [5, 5.41) is 2.98. The summed E-state index contributed by atoms with van der Waals surface area (Å²) in [5.74, 6) is 0.283. The van der Waals surface area contributed by atoms with Crippen LogP contribution in [0.1, 0.15) is 36.7 Å². The molecule has 5 nitrogen and oxygen atoms in total. The molecule has 1 rings (SSSR count). The average Bonchev–Trinajstić information content (AvgIpc) is 2.23. The van der Waals surface area contributed by atoms with Gasteiger partial charge in [-0.05, 0) is 25.5 Å². The summed E-state index contributed by atoms with van der Waals surface area (Å²) in [4.78, 5) is 8.34. The molecule has 0 aliphatic heterocycles. The molecule has 18 heavy (non-hydrogen) atoms. The summed E-state index contributed by atoms with van der Waals surface area (Å²) in [6, 6.07) is 0. The molecule has 0 fully saturated rings. The molecule has 1 aromatic heterocycles. The van der Waals surface area contributed by atoms with Crippen molar-refractivity contribution in [2.75, 3.05) is 19.8 Å². The van der Waals surface area contributed by atoms with E-state index in [9.17, 15) is 8.42 Å². The summed E-state index contributed by atoms with van der Waals surface area (Å²) in [5.41, 5.74) is 2.64. The van der Waals surface area contributed by atoms with Crippen LogP contribution in [-0.2, 0) is 16.3 Å². The number of sulfone groups is 1. The lowest BCUT2D eigenvalue weighted by molar-refractivity contribution is 0.588. The second-order valence-electron chi connectivity index (χ2n) is 4.73. The molecular formula is C12H21N3O2S. The zero-order valence-corrected chi connectivity index (χ0v) is 12.4. The lowest BCUT2D eigenvalue weighted by atomic mass is 9.98. The van der Waals surface area contributed by atoms with Crippen LogP contribution in [0.3, 0.4) is 0 Å². The van der Waals surface area contributed by atoms with E-state index in [2.05, 4.69) is 29.1 Å². The van der Waals surface area contributed by atoms with Crippen molar-refractivity contribution in [3.63, 3.8) is 0 Å². The number of hydrogen-bond donors (Lipinski definition) is 1. The van der Waals surface area contributed by atoms with Gasteiger partial charge in [0.2, 0.25) is 15.0 Å². The minimum atomic E-state index is -3.36. The Hall–Kier alpha value is -1.01. The van der Waals surface area contributed by atoms with Crippen LogP contribution in [0.25, 0.3) is 0 Å². The van der Waals surface area contributed by atoms with Crippen molar-refractivity contribution in [1.82, 2.24) is 15.3 Å². The normalized spacial score (nSPS) is 12.1. The van der Waals surface area contributed by atoms with E-state index >= 15 is 0 Å². The van der Waals surface area contributed by atoms with Gasteiger partial charge in [-0.3, -0.25) is 0 Å². The fourth-order valence-corrected chi connectivity index (χ4v) is 2.54. The minimum Gasteiger partial charge on any atom is -0.319 e. The van der Waals surface area contributed by atoms with Crippen LogP contribution in [0.15, 0.2) is 5.16 Å². The van der Waals surface area contributed by atoms with Gasteiger partial charge in [0.25, 0.3) is 0 Å². The van der Waals surface area contributed by atoms with E-state index in [0.29, 0.717) is 6.42 Å². The lowest BCUT2D eigenvalue weighted by Gasteiger charge is -2.15. The van der Waals surface area contributed by atoms with Gasteiger partial charge in [0.15, 0.2) is 0 Å². The Kier molecular flexibility index (Phi) is 4.81. The van der Waals surface area contributed by atoms with Crippen molar-refractivity contribution in [3.05, 3.63) is 17.0 Å². The summed E-state index contributed by atoms with van der Waals surface area (Å²) in [6.07, 6.45) is 1.84. The maximum absolute atomic E-state index is 11.6. The van der Waals surface area contributed by atoms with E-state index in [-0.39, 0.29) is 11.1 Å². The predicted molar refractivity (Wildman–Crippen MR) is 71.6 cm³/mol. The number of aromatic nitrogens is 2. The molecular weight excluding hydrogens is 250 g/mol. The van der Waals surface area contributed by atoms with Gasteiger partial charge in [0.1, 0.15) is 0 Å². The van der Waals surface area contributed by atoms with E-state index in [1.807, 2.05) is 14.0 Å². The highest BCUT2D eigenvalue weighted by Gasteiger charge is 2.19. The van der Waals surface area contributed by atoms with Crippen LogP contribution in [-0.4, -0.2) is 38.2 Å². The molecule has 0 atom stereocenters. The van der Waals surface area contributed by atoms with Crippen LogP contribution < -0.4 is 5.32 Å². The standard InChI is InChI=1S/C12H21N3O2S/c1-8(2)11-9(3)14-12(18(5,16)17)15-10(11)6-7-13-4/h8,13H,6-7H2,1-5H3. The first-order chi connectivity index (χ1) is 8.27. The van der Waals surface area contributed by atoms with Gasteiger partial charge >= 0.3 is 0 Å². The topological polar surface area (TPSA) is 72.0 Å². The van der Waals surface area contributed by atoms with Crippen LogP contribution in [0.5, 0.6) is 0 Å². The molecule has 0 unspecified atom stereocenters. The highest BCUT2D eigenvalue weighted by molar-refractivity contribution is 7.90. The molecule has 0 aromatic carbocycles. The molecule has 0 aliphatic carbocycles. The van der Waals surface area contributed by atoms with Crippen molar-refractivity contribution in [3.8, 4) is 0 Å². The van der Waals surface area contributed by atoms with E-state index in [0.717, 1.165) is 29.8 Å². The van der Waals surface area contributed by atoms with Crippen LogP contribution in [0.2, 0.25) is 0 Å². The van der Waals surface area contributed by atoms with Gasteiger partial charge in [-0.15, -0.1) is 0 Å². The molecule has 1 aromatic rings. The number of hydrogen-bond acceptors (Lipinski definition) is 5. The minimum absolute atomic E-state index is 0.0736. The first-order valence-electron chi connectivity index (χ1n) is 5.99. The summed E-state index contributed by atoms with van der Waals surface area (Å²) < 4.78 is 23.1. The molecule has 0 saturated heterocycles. The smallest absolute Gasteiger partial charge is 0.247 e. The highest BCUT2D eigenvalue weighted by atomic mass is 32.2. The third-order valence-corrected chi connectivity index (χ3v) is 3.56. The van der Waals surface area contributed by atoms with E-state index in [1.165, 1.54) is 0 Å². The number of rotatable bonds is 5. The van der Waals surface area contributed by atoms with Gasteiger partial charge in [-0.25, -0.2) is 18.4 Å². The Balaban J connectivity index is 3.37. The van der Waals surface area contributed by atoms with E-state index in [1.54, 1.807) is 0 Å². The second-order valence-corrected chi connectivity index (χ2v) is 6.64. The van der Waals surface area contributed by atoms with Gasteiger partial charge < -0.3 is 5.32 Å². The zero-order chi connectivity index (χ0) is 13.9. The third kappa shape index (κ3) is 3.49. The van der Waals surface area contributed by atoms with Gasteiger partial charge in [-0.1, -0.05) is 13.8 Å².